The number of halogens is 3. The van der Waals surface area contributed by atoms with Gasteiger partial charge in [0.25, 0.3) is 5.91 Å². The molecule has 0 aliphatic heterocycles. The van der Waals surface area contributed by atoms with Crippen LogP contribution >= 0.6 is 0 Å². The first kappa shape index (κ1) is 21.4. The Morgan fingerprint density at radius 2 is 2.00 bits per heavy atom. The van der Waals surface area contributed by atoms with Crippen molar-refractivity contribution in [1.29, 1.82) is 0 Å². The first-order valence-corrected chi connectivity index (χ1v) is 9.51. The number of para-hydroxylation sites is 2. The summed E-state index contributed by atoms with van der Waals surface area (Å²) in [6, 6.07) is 12.0. The van der Waals surface area contributed by atoms with E-state index < -0.39 is 30.0 Å². The second-order valence-electron chi connectivity index (χ2n) is 6.88. The van der Waals surface area contributed by atoms with Crippen LogP contribution in [0.3, 0.4) is 0 Å². The predicted molar refractivity (Wildman–Crippen MR) is 110 cm³/mol. The lowest BCUT2D eigenvalue weighted by atomic mass is 10.1. The number of nitrogens with one attached hydrogen (secondary N) is 2. The van der Waals surface area contributed by atoms with E-state index in [0.717, 1.165) is 17.1 Å². The van der Waals surface area contributed by atoms with E-state index in [2.05, 4.69) is 20.4 Å². The van der Waals surface area contributed by atoms with Crippen LogP contribution in [0.5, 0.6) is 5.75 Å². The van der Waals surface area contributed by atoms with E-state index in [1.165, 1.54) is 10.7 Å². The normalized spacial score (nSPS) is 11.7. The fourth-order valence-electron chi connectivity index (χ4n) is 3.19. The van der Waals surface area contributed by atoms with Gasteiger partial charge >= 0.3 is 6.18 Å². The number of amides is 1. The van der Waals surface area contributed by atoms with Crippen molar-refractivity contribution in [2.24, 2.45) is 7.05 Å². The molecule has 0 spiro atoms. The summed E-state index contributed by atoms with van der Waals surface area (Å²) in [4.78, 5) is 20.2. The van der Waals surface area contributed by atoms with E-state index in [1.54, 1.807) is 13.1 Å². The third kappa shape index (κ3) is 4.28. The molecule has 0 bridgehead atoms. The molecule has 2 aromatic heterocycles. The minimum absolute atomic E-state index is 0.155. The number of aryl methyl sites for hydroxylation is 1. The number of carbonyl (C=O) groups excluding carboxylic acids is 1. The molecule has 4 rings (SSSR count). The van der Waals surface area contributed by atoms with Gasteiger partial charge in [-0.2, -0.15) is 18.3 Å². The Kier molecular flexibility index (Phi) is 5.57. The molecule has 0 aliphatic carbocycles. The van der Waals surface area contributed by atoms with Crippen LogP contribution in [-0.4, -0.2) is 44.0 Å². The number of fused-ring (bicyclic) bond motifs is 1. The van der Waals surface area contributed by atoms with Gasteiger partial charge in [-0.05, 0) is 30.3 Å². The van der Waals surface area contributed by atoms with Gasteiger partial charge < -0.3 is 20.1 Å². The fourth-order valence-corrected chi connectivity index (χ4v) is 3.19. The van der Waals surface area contributed by atoms with Crippen molar-refractivity contribution in [3.05, 3.63) is 59.7 Å². The van der Waals surface area contributed by atoms with E-state index in [9.17, 15) is 18.0 Å². The molecule has 0 unspecified atom stereocenters. The van der Waals surface area contributed by atoms with Gasteiger partial charge in [0.2, 0.25) is 0 Å². The van der Waals surface area contributed by atoms with Crippen LogP contribution in [0, 0.1) is 0 Å². The second kappa shape index (κ2) is 8.35. The molecule has 0 fully saturated rings. The highest BCUT2D eigenvalue weighted by atomic mass is 19.4. The Labute approximate surface area is 179 Å². The van der Waals surface area contributed by atoms with Crippen molar-refractivity contribution >= 4 is 22.8 Å². The summed E-state index contributed by atoms with van der Waals surface area (Å²) in [6.45, 7) is -0.736. The zero-order valence-electron chi connectivity index (χ0n) is 16.8. The summed E-state index contributed by atoms with van der Waals surface area (Å²) in [7, 11) is 1.66. The predicted octanol–water partition coefficient (Wildman–Crippen LogP) is 3.61. The maximum atomic E-state index is 13.4. The van der Waals surface area contributed by atoms with Crippen molar-refractivity contribution in [2.45, 2.75) is 6.18 Å². The summed E-state index contributed by atoms with van der Waals surface area (Å²) < 4.78 is 46.6. The zero-order chi connectivity index (χ0) is 22.9. The molecule has 0 saturated heterocycles. The Bertz CT molecular complexity index is 1250. The topological polar surface area (TPSA) is 105 Å². The van der Waals surface area contributed by atoms with E-state index in [1.807, 2.05) is 24.3 Å². The Hall–Kier alpha value is -3.86. The first-order valence-electron chi connectivity index (χ1n) is 9.51. The zero-order valence-corrected chi connectivity index (χ0v) is 16.8. The number of aliphatic hydroxyl groups excluding tert-OH is 1. The Morgan fingerprint density at radius 1 is 1.22 bits per heavy atom. The third-order valence-corrected chi connectivity index (χ3v) is 4.65. The smallest absolute Gasteiger partial charge is 0.419 e. The second-order valence-corrected chi connectivity index (χ2v) is 6.88. The molecule has 4 aromatic rings. The van der Waals surface area contributed by atoms with Crippen LogP contribution in [-0.2, 0) is 13.2 Å². The van der Waals surface area contributed by atoms with E-state index in [0.29, 0.717) is 17.6 Å². The number of H-pyrrole nitrogens is 1. The molecule has 0 radical (unpaired) electrons. The van der Waals surface area contributed by atoms with Gasteiger partial charge in [-0.3, -0.25) is 9.48 Å². The number of hydrogen-bond acceptors (Lipinski definition) is 5. The monoisotopic (exact) mass is 445 g/mol. The molecule has 0 saturated carbocycles. The molecule has 11 heteroatoms. The van der Waals surface area contributed by atoms with Crippen molar-refractivity contribution in [2.75, 3.05) is 18.5 Å². The number of aromatic amines is 1. The van der Waals surface area contributed by atoms with Gasteiger partial charge in [-0.1, -0.05) is 12.1 Å². The van der Waals surface area contributed by atoms with Gasteiger partial charge in [0.1, 0.15) is 18.1 Å². The fraction of sp³-hybridized carbons (Fsp3) is 0.190. The number of aromatic nitrogens is 4. The Balaban J connectivity index is 1.58. The standard InChI is InChI=1S/C21H18F3N5O3/c1-29-16(19-25-14-4-2-3-5-15(14)26-19)11-18(28-29)27-20(31)12-6-7-17(32-9-8-30)13(10-12)21(22,23)24/h2-7,10-11,30H,8-9H2,1H3,(H,25,26)(H,27,28,31). The summed E-state index contributed by atoms with van der Waals surface area (Å²) in [5, 5.41) is 15.5. The first-order chi connectivity index (χ1) is 15.3. The summed E-state index contributed by atoms with van der Waals surface area (Å²) in [6.07, 6.45) is -4.74. The average molecular weight is 445 g/mol. The van der Waals surface area contributed by atoms with Crippen LogP contribution in [0.1, 0.15) is 15.9 Å². The van der Waals surface area contributed by atoms with Gasteiger partial charge in [-0.15, -0.1) is 0 Å². The Morgan fingerprint density at radius 3 is 2.72 bits per heavy atom. The maximum Gasteiger partial charge on any atom is 0.419 e. The largest absolute Gasteiger partial charge is 0.491 e. The molecule has 166 valence electrons. The number of anilines is 1. The molecule has 8 nitrogen and oxygen atoms in total. The van der Waals surface area contributed by atoms with Crippen LogP contribution in [0.4, 0.5) is 19.0 Å². The highest BCUT2D eigenvalue weighted by Crippen LogP contribution is 2.37. The van der Waals surface area contributed by atoms with Crippen molar-refractivity contribution in [1.82, 2.24) is 19.7 Å². The highest BCUT2D eigenvalue weighted by molar-refractivity contribution is 6.04. The van der Waals surface area contributed by atoms with Crippen LogP contribution < -0.4 is 10.1 Å². The van der Waals surface area contributed by atoms with Crippen molar-refractivity contribution in [3.8, 4) is 17.3 Å². The molecule has 32 heavy (non-hydrogen) atoms. The van der Waals surface area contributed by atoms with E-state index in [-0.39, 0.29) is 18.0 Å². The minimum Gasteiger partial charge on any atom is -0.491 e. The molecule has 2 aromatic carbocycles. The number of carbonyl (C=O) groups is 1. The lowest BCUT2D eigenvalue weighted by Gasteiger charge is -2.14. The number of alkyl halides is 3. The molecule has 0 atom stereocenters. The molecule has 1 amide bonds. The molecule has 0 aliphatic rings. The number of imidazole rings is 1. The van der Waals surface area contributed by atoms with Gasteiger partial charge in [-0.25, -0.2) is 4.98 Å². The van der Waals surface area contributed by atoms with Crippen LogP contribution in [0.15, 0.2) is 48.5 Å². The molecular weight excluding hydrogens is 427 g/mol. The summed E-state index contributed by atoms with van der Waals surface area (Å²) >= 11 is 0. The molecular formula is C21H18F3N5O3. The average Bonchev–Trinajstić information content (AvgIpc) is 3.34. The minimum atomic E-state index is -4.74. The quantitative estimate of drug-likeness (QED) is 0.421. The number of benzene rings is 2. The highest BCUT2D eigenvalue weighted by Gasteiger charge is 2.35. The van der Waals surface area contributed by atoms with Crippen LogP contribution in [0.25, 0.3) is 22.6 Å². The van der Waals surface area contributed by atoms with Crippen LogP contribution in [0.2, 0.25) is 0 Å². The van der Waals surface area contributed by atoms with E-state index >= 15 is 0 Å². The van der Waals surface area contributed by atoms with Gasteiger partial charge in [0.15, 0.2) is 11.6 Å². The number of nitrogens with zero attached hydrogens (tertiary/aromatic N) is 3. The molecule has 3 N–H and O–H groups in total. The number of hydrogen-bond donors (Lipinski definition) is 3. The summed E-state index contributed by atoms with van der Waals surface area (Å²) in [5.41, 5.74) is 0.849. The number of rotatable bonds is 6. The number of ether oxygens (including phenoxy) is 1. The van der Waals surface area contributed by atoms with E-state index in [4.69, 9.17) is 9.84 Å². The lowest BCUT2D eigenvalue weighted by molar-refractivity contribution is -0.139. The van der Waals surface area contributed by atoms with Crippen molar-refractivity contribution in [3.63, 3.8) is 0 Å². The van der Waals surface area contributed by atoms with Gasteiger partial charge in [0.05, 0.1) is 23.2 Å². The maximum absolute atomic E-state index is 13.4. The third-order valence-electron chi connectivity index (χ3n) is 4.65. The number of aliphatic hydroxyl groups is 1. The molecule has 2 heterocycles. The SMILES string of the molecule is Cn1nc(NC(=O)c2ccc(OCCO)c(C(F)(F)F)c2)cc1-c1nc2ccccc2[nH]1. The van der Waals surface area contributed by atoms with Crippen molar-refractivity contribution < 1.29 is 27.8 Å². The van der Waals surface area contributed by atoms with Gasteiger partial charge in [0, 0.05) is 18.7 Å². The lowest BCUT2D eigenvalue weighted by Crippen LogP contribution is -2.16. The summed E-state index contributed by atoms with van der Waals surface area (Å²) in [5.74, 6) is -0.542.